The Morgan fingerprint density at radius 3 is 2.85 bits per heavy atom. The van der Waals surface area contributed by atoms with Crippen LogP contribution in [0.3, 0.4) is 0 Å². The van der Waals surface area contributed by atoms with Crippen LogP contribution in [0.5, 0.6) is 5.75 Å². The summed E-state index contributed by atoms with van der Waals surface area (Å²) in [5, 5.41) is 17.5. The van der Waals surface area contributed by atoms with Crippen molar-refractivity contribution in [2.45, 2.75) is 26.1 Å². The zero-order chi connectivity index (χ0) is 22.8. The van der Waals surface area contributed by atoms with Gasteiger partial charge in [0, 0.05) is 42.1 Å². The van der Waals surface area contributed by atoms with E-state index in [4.69, 9.17) is 14.8 Å². The summed E-state index contributed by atoms with van der Waals surface area (Å²) in [6, 6.07) is 17.9. The van der Waals surface area contributed by atoms with Crippen molar-refractivity contribution < 1.29 is 19.6 Å². The summed E-state index contributed by atoms with van der Waals surface area (Å²) in [7, 11) is 0. The highest BCUT2D eigenvalue weighted by Gasteiger charge is 2.41. The molecule has 1 amide bonds. The molecule has 5 rings (SSSR count). The number of para-hydroxylation sites is 1. The molecule has 33 heavy (non-hydrogen) atoms. The predicted molar refractivity (Wildman–Crippen MR) is 123 cm³/mol. The second kappa shape index (κ2) is 9.17. The standard InChI is InChI=1S/C25H26N4O4/c1-15-10-17(19-4-2-3-5-22(19)27-15)14-32-18-8-6-16(7-9-18)23-11-24(33-29-23)20-12-26-13-21(20)25(30)28-31/h2-10,20-21,24,26,31H,11-14H2,1H3,(H,28,30). The van der Waals surface area contributed by atoms with Crippen LogP contribution in [0.15, 0.2) is 59.8 Å². The number of benzene rings is 2. The molecule has 3 atom stereocenters. The number of hydroxylamine groups is 1. The molecule has 8 heteroatoms. The molecule has 3 unspecified atom stereocenters. The fourth-order valence-corrected chi connectivity index (χ4v) is 4.68. The lowest BCUT2D eigenvalue weighted by Crippen LogP contribution is -2.37. The maximum Gasteiger partial charge on any atom is 0.248 e. The Morgan fingerprint density at radius 2 is 2.03 bits per heavy atom. The van der Waals surface area contributed by atoms with Gasteiger partial charge in [0.05, 0.1) is 17.1 Å². The van der Waals surface area contributed by atoms with Crippen molar-refractivity contribution in [2.75, 3.05) is 13.1 Å². The maximum absolute atomic E-state index is 11.9. The molecule has 0 spiro atoms. The molecule has 2 aliphatic rings. The largest absolute Gasteiger partial charge is 0.489 e. The molecule has 170 valence electrons. The molecular formula is C25H26N4O4. The van der Waals surface area contributed by atoms with Gasteiger partial charge in [-0.25, -0.2) is 5.48 Å². The van der Waals surface area contributed by atoms with E-state index in [0.717, 1.165) is 39.2 Å². The van der Waals surface area contributed by atoms with Crippen molar-refractivity contribution in [2.24, 2.45) is 17.0 Å². The summed E-state index contributed by atoms with van der Waals surface area (Å²) in [5.41, 5.74) is 6.60. The second-order valence-electron chi connectivity index (χ2n) is 8.54. The van der Waals surface area contributed by atoms with Crippen LogP contribution in [0.1, 0.15) is 23.2 Å². The molecule has 0 aliphatic carbocycles. The van der Waals surface area contributed by atoms with Crippen molar-refractivity contribution in [3.05, 3.63) is 71.4 Å². The lowest BCUT2D eigenvalue weighted by Gasteiger charge is -2.21. The fraction of sp³-hybridized carbons (Fsp3) is 0.320. The number of ether oxygens (including phenoxy) is 1. The van der Waals surface area contributed by atoms with Crippen LogP contribution in [0.2, 0.25) is 0 Å². The monoisotopic (exact) mass is 446 g/mol. The third kappa shape index (κ3) is 4.40. The molecule has 2 aromatic carbocycles. The Bertz CT molecular complexity index is 1190. The van der Waals surface area contributed by atoms with E-state index >= 15 is 0 Å². The summed E-state index contributed by atoms with van der Waals surface area (Å²) in [4.78, 5) is 22.2. The minimum atomic E-state index is -0.388. The number of nitrogens with zero attached hydrogens (tertiary/aromatic N) is 2. The average Bonchev–Trinajstić information content (AvgIpc) is 3.52. The lowest BCUT2D eigenvalue weighted by molar-refractivity contribution is -0.135. The zero-order valence-corrected chi connectivity index (χ0v) is 18.3. The number of oxime groups is 1. The topological polar surface area (TPSA) is 105 Å². The van der Waals surface area contributed by atoms with Gasteiger partial charge >= 0.3 is 0 Å². The van der Waals surface area contributed by atoms with Crippen LogP contribution in [0, 0.1) is 18.8 Å². The molecule has 2 aliphatic heterocycles. The van der Waals surface area contributed by atoms with E-state index in [1.807, 2.05) is 49.4 Å². The number of amides is 1. The molecule has 1 aromatic heterocycles. The van der Waals surface area contributed by atoms with Crippen LogP contribution in [-0.4, -0.2) is 41.0 Å². The van der Waals surface area contributed by atoms with E-state index in [9.17, 15) is 4.79 Å². The van der Waals surface area contributed by atoms with Gasteiger partial charge in [-0.15, -0.1) is 0 Å². The van der Waals surface area contributed by atoms with Crippen LogP contribution in [0.25, 0.3) is 10.9 Å². The number of carbonyl (C=O) groups excluding carboxylic acids is 1. The first-order chi connectivity index (χ1) is 16.1. The molecule has 0 bridgehead atoms. The number of rotatable bonds is 6. The van der Waals surface area contributed by atoms with E-state index in [2.05, 4.69) is 27.6 Å². The summed E-state index contributed by atoms with van der Waals surface area (Å²) in [6.45, 7) is 3.62. The van der Waals surface area contributed by atoms with Crippen LogP contribution < -0.4 is 15.5 Å². The number of fused-ring (bicyclic) bond motifs is 1. The van der Waals surface area contributed by atoms with Crippen molar-refractivity contribution in [1.29, 1.82) is 0 Å². The van der Waals surface area contributed by atoms with Crippen molar-refractivity contribution in [3.63, 3.8) is 0 Å². The van der Waals surface area contributed by atoms with Crippen molar-refractivity contribution in [1.82, 2.24) is 15.8 Å². The smallest absolute Gasteiger partial charge is 0.248 e. The summed E-state index contributed by atoms with van der Waals surface area (Å²) in [5.74, 6) is 0.00614. The summed E-state index contributed by atoms with van der Waals surface area (Å²) < 4.78 is 6.05. The van der Waals surface area contributed by atoms with Gasteiger partial charge in [0.1, 0.15) is 18.5 Å². The Labute approximate surface area is 191 Å². The molecule has 0 saturated carbocycles. The maximum atomic E-state index is 11.9. The number of pyridine rings is 1. The lowest BCUT2D eigenvalue weighted by atomic mass is 9.87. The minimum Gasteiger partial charge on any atom is -0.489 e. The highest BCUT2D eigenvalue weighted by atomic mass is 16.6. The van der Waals surface area contributed by atoms with Gasteiger partial charge in [0.2, 0.25) is 5.91 Å². The third-order valence-electron chi connectivity index (χ3n) is 6.39. The molecule has 3 N–H and O–H groups in total. The number of aromatic nitrogens is 1. The van der Waals surface area contributed by atoms with Crippen LogP contribution in [0.4, 0.5) is 0 Å². The predicted octanol–water partition coefficient (Wildman–Crippen LogP) is 2.96. The first-order valence-corrected chi connectivity index (χ1v) is 11.1. The number of hydrogen-bond acceptors (Lipinski definition) is 7. The van der Waals surface area contributed by atoms with E-state index in [1.165, 1.54) is 0 Å². The first-order valence-electron chi connectivity index (χ1n) is 11.1. The van der Waals surface area contributed by atoms with E-state index in [-0.39, 0.29) is 23.8 Å². The Kier molecular flexibility index (Phi) is 5.93. The fourth-order valence-electron chi connectivity index (χ4n) is 4.68. The number of hydrogen-bond donors (Lipinski definition) is 3. The van der Waals surface area contributed by atoms with Crippen LogP contribution >= 0.6 is 0 Å². The Hall–Kier alpha value is -3.49. The van der Waals surface area contributed by atoms with Gasteiger partial charge in [-0.05, 0) is 48.9 Å². The molecule has 0 radical (unpaired) electrons. The quantitative estimate of drug-likeness (QED) is 0.397. The van der Waals surface area contributed by atoms with Gasteiger partial charge < -0.3 is 14.9 Å². The van der Waals surface area contributed by atoms with Gasteiger partial charge in [-0.1, -0.05) is 23.4 Å². The Balaban J connectivity index is 1.22. The molecular weight excluding hydrogens is 420 g/mol. The molecule has 1 fully saturated rings. The Morgan fingerprint density at radius 1 is 1.21 bits per heavy atom. The van der Waals surface area contributed by atoms with E-state index in [1.54, 1.807) is 5.48 Å². The number of aryl methyl sites for hydroxylation is 1. The van der Waals surface area contributed by atoms with Gasteiger partial charge in [-0.2, -0.15) is 0 Å². The highest BCUT2D eigenvalue weighted by molar-refractivity contribution is 6.01. The number of nitrogens with one attached hydrogen (secondary N) is 2. The number of carbonyl (C=O) groups is 1. The van der Waals surface area contributed by atoms with Gasteiger partial charge in [-0.3, -0.25) is 15.0 Å². The second-order valence-corrected chi connectivity index (χ2v) is 8.54. The molecule has 3 aromatic rings. The zero-order valence-electron chi connectivity index (χ0n) is 18.3. The van der Waals surface area contributed by atoms with Gasteiger partial charge in [0.25, 0.3) is 0 Å². The molecule has 8 nitrogen and oxygen atoms in total. The minimum absolute atomic E-state index is 0.0420. The third-order valence-corrected chi connectivity index (χ3v) is 6.39. The summed E-state index contributed by atoms with van der Waals surface area (Å²) in [6.07, 6.45) is 0.417. The normalized spacial score (nSPS) is 22.1. The van der Waals surface area contributed by atoms with Crippen LogP contribution in [-0.2, 0) is 16.2 Å². The van der Waals surface area contributed by atoms with Crippen molar-refractivity contribution in [3.8, 4) is 5.75 Å². The summed E-state index contributed by atoms with van der Waals surface area (Å²) >= 11 is 0. The van der Waals surface area contributed by atoms with Gasteiger partial charge in [0.15, 0.2) is 0 Å². The average molecular weight is 447 g/mol. The van der Waals surface area contributed by atoms with Crippen molar-refractivity contribution >= 4 is 22.5 Å². The molecule has 3 heterocycles. The van der Waals surface area contributed by atoms with E-state index in [0.29, 0.717) is 26.1 Å². The highest BCUT2D eigenvalue weighted by Crippen LogP contribution is 2.30. The van der Waals surface area contributed by atoms with E-state index < -0.39 is 0 Å². The SMILES string of the molecule is Cc1cc(COc2ccc(C3=NOC(C4CNCC4C(=O)NO)C3)cc2)c2ccccc2n1. The molecule has 1 saturated heterocycles. The first kappa shape index (κ1) is 21.4.